The van der Waals surface area contributed by atoms with Crippen LogP contribution in [0.25, 0.3) is 0 Å². The lowest BCUT2D eigenvalue weighted by molar-refractivity contribution is -0.376. The van der Waals surface area contributed by atoms with E-state index < -0.39 is 35.9 Å². The highest BCUT2D eigenvalue weighted by Gasteiger charge is 2.84. The van der Waals surface area contributed by atoms with Gasteiger partial charge in [0.1, 0.15) is 0 Å². The van der Waals surface area contributed by atoms with E-state index in [-0.39, 0.29) is 0 Å². The fraction of sp³-hybridized carbons (Fsp3) is 0.667. The van der Waals surface area contributed by atoms with Crippen molar-refractivity contribution in [2.45, 2.75) is 23.9 Å². The van der Waals surface area contributed by atoms with Crippen molar-refractivity contribution in [2.75, 3.05) is 0 Å². The average molecular weight is 300 g/mol. The van der Waals surface area contributed by atoms with Crippen LogP contribution in [0.15, 0.2) is 11.9 Å². The third-order valence-corrected chi connectivity index (χ3v) is 1.65. The van der Waals surface area contributed by atoms with E-state index in [4.69, 9.17) is 0 Å². The monoisotopic (exact) mass is 300 g/mol. The highest BCUT2D eigenvalue weighted by molar-refractivity contribution is 5.22. The SMILES string of the molecule is FC(F)=C(F)C(F)(C(F)(F)F)C(F)(F)C(F)(F)F. The maximum Gasteiger partial charge on any atom is 0.457 e. The first-order valence-electron chi connectivity index (χ1n) is 3.52. The Balaban J connectivity index is 6.24. The van der Waals surface area contributed by atoms with Gasteiger partial charge in [0, 0.05) is 0 Å². The summed E-state index contributed by atoms with van der Waals surface area (Å²) in [4.78, 5) is 0. The van der Waals surface area contributed by atoms with Gasteiger partial charge >= 0.3 is 30.0 Å². The minimum atomic E-state index is -7.42. The van der Waals surface area contributed by atoms with Gasteiger partial charge in [-0.25, -0.2) is 8.78 Å². The topological polar surface area (TPSA) is 0 Å². The Hall–Kier alpha value is -1.10. The summed E-state index contributed by atoms with van der Waals surface area (Å²) in [6, 6.07) is 0. The van der Waals surface area contributed by atoms with Crippen molar-refractivity contribution in [3.8, 4) is 0 Å². The average Bonchev–Trinajstić information content (AvgIpc) is 2.11. The molecule has 12 heteroatoms. The zero-order chi connectivity index (χ0) is 15.2. The lowest BCUT2D eigenvalue weighted by Gasteiger charge is -2.34. The van der Waals surface area contributed by atoms with E-state index in [9.17, 15) is 52.7 Å². The molecule has 0 rings (SSSR count). The summed E-state index contributed by atoms with van der Waals surface area (Å²) in [5.41, 5.74) is -7.20. The standard InChI is InChI=1S/C6F12/c7-1(2(8)9)3(10,5(13,14)15)4(11,12)6(16,17)18. The van der Waals surface area contributed by atoms with Gasteiger partial charge < -0.3 is 0 Å². The van der Waals surface area contributed by atoms with Crippen LogP contribution >= 0.6 is 0 Å². The first-order chi connectivity index (χ1) is 7.60. The molecular formula is C6F12. The summed E-state index contributed by atoms with van der Waals surface area (Å²) in [6.45, 7) is 0. The van der Waals surface area contributed by atoms with Crippen molar-refractivity contribution in [3.63, 3.8) is 0 Å². The number of allylic oxidation sites excluding steroid dienone is 1. The molecule has 0 radical (unpaired) electrons. The molecule has 0 spiro atoms. The van der Waals surface area contributed by atoms with Gasteiger partial charge in [0.25, 0.3) is 0 Å². The predicted molar refractivity (Wildman–Crippen MR) is 31.2 cm³/mol. The molecule has 1 atom stereocenters. The van der Waals surface area contributed by atoms with E-state index in [1.807, 2.05) is 0 Å². The summed E-state index contributed by atoms with van der Waals surface area (Å²) in [5, 5.41) is 0. The van der Waals surface area contributed by atoms with Crippen LogP contribution < -0.4 is 0 Å². The van der Waals surface area contributed by atoms with Crippen LogP contribution in [-0.4, -0.2) is 23.9 Å². The molecule has 0 aliphatic rings. The molecule has 0 amide bonds. The van der Waals surface area contributed by atoms with Crippen LogP contribution in [0.3, 0.4) is 0 Å². The first-order valence-corrected chi connectivity index (χ1v) is 3.52. The van der Waals surface area contributed by atoms with Gasteiger partial charge in [-0.2, -0.15) is 43.9 Å². The molecule has 0 aliphatic carbocycles. The second-order valence-electron chi connectivity index (χ2n) is 2.80. The minimum absolute atomic E-state index is 4.28. The Labute approximate surface area is 89.9 Å². The van der Waals surface area contributed by atoms with E-state index in [1.165, 1.54) is 0 Å². The molecule has 1 unspecified atom stereocenters. The molecule has 18 heavy (non-hydrogen) atoms. The fourth-order valence-corrected chi connectivity index (χ4v) is 0.766. The minimum Gasteiger partial charge on any atom is -0.218 e. The van der Waals surface area contributed by atoms with Crippen LogP contribution in [-0.2, 0) is 0 Å². The third kappa shape index (κ3) is 2.23. The molecule has 0 saturated carbocycles. The number of alkyl halides is 9. The van der Waals surface area contributed by atoms with Crippen LogP contribution in [0.2, 0.25) is 0 Å². The van der Waals surface area contributed by atoms with E-state index in [2.05, 4.69) is 0 Å². The molecule has 0 aromatic rings. The molecule has 0 heterocycles. The molecule has 0 nitrogen and oxygen atoms in total. The van der Waals surface area contributed by atoms with E-state index in [0.29, 0.717) is 0 Å². The van der Waals surface area contributed by atoms with Gasteiger partial charge in [0.15, 0.2) is 0 Å². The largest absolute Gasteiger partial charge is 0.457 e. The van der Waals surface area contributed by atoms with Crippen molar-refractivity contribution in [3.05, 3.63) is 11.9 Å². The zero-order valence-electron chi connectivity index (χ0n) is 7.54. The quantitative estimate of drug-likeness (QED) is 0.657. The summed E-state index contributed by atoms with van der Waals surface area (Å²) >= 11 is 0. The van der Waals surface area contributed by atoms with Crippen molar-refractivity contribution in [1.82, 2.24) is 0 Å². The molecular weight excluding hydrogens is 300 g/mol. The Kier molecular flexibility index (Phi) is 3.97. The molecule has 0 bridgehead atoms. The zero-order valence-corrected chi connectivity index (χ0v) is 7.54. The van der Waals surface area contributed by atoms with Crippen molar-refractivity contribution in [2.24, 2.45) is 0 Å². The normalized spacial score (nSPS) is 17.3. The van der Waals surface area contributed by atoms with Crippen LogP contribution in [0.5, 0.6) is 0 Å². The Bertz CT molecular complexity index is 341. The van der Waals surface area contributed by atoms with Gasteiger partial charge in [-0.05, 0) is 0 Å². The second kappa shape index (κ2) is 4.23. The number of hydrogen-bond donors (Lipinski definition) is 0. The van der Waals surface area contributed by atoms with Gasteiger partial charge in [0.2, 0.25) is 5.83 Å². The van der Waals surface area contributed by atoms with Crippen LogP contribution in [0.1, 0.15) is 0 Å². The Morgan fingerprint density at radius 1 is 0.556 bits per heavy atom. The highest BCUT2D eigenvalue weighted by atomic mass is 19.4. The third-order valence-electron chi connectivity index (χ3n) is 1.65. The Morgan fingerprint density at radius 3 is 1.06 bits per heavy atom. The molecule has 0 aromatic heterocycles. The maximum atomic E-state index is 12.7. The first kappa shape index (κ1) is 16.9. The van der Waals surface area contributed by atoms with Crippen molar-refractivity contribution >= 4 is 0 Å². The maximum absolute atomic E-state index is 12.7. The van der Waals surface area contributed by atoms with E-state index >= 15 is 0 Å². The lowest BCUT2D eigenvalue weighted by Crippen LogP contribution is -2.62. The molecule has 0 saturated heterocycles. The summed E-state index contributed by atoms with van der Waals surface area (Å²) in [6.07, 6.45) is -18.8. The van der Waals surface area contributed by atoms with Gasteiger partial charge in [0.05, 0.1) is 0 Å². The molecule has 0 aliphatic heterocycles. The Morgan fingerprint density at radius 2 is 0.889 bits per heavy atom. The molecule has 108 valence electrons. The number of halogens is 12. The van der Waals surface area contributed by atoms with Gasteiger partial charge in [-0.3, -0.25) is 0 Å². The summed E-state index contributed by atoms with van der Waals surface area (Å²) in [7, 11) is 0. The highest BCUT2D eigenvalue weighted by Crippen LogP contribution is 2.56. The number of hydrogen-bond acceptors (Lipinski definition) is 0. The van der Waals surface area contributed by atoms with E-state index in [0.717, 1.165) is 0 Å². The van der Waals surface area contributed by atoms with E-state index in [1.54, 1.807) is 0 Å². The van der Waals surface area contributed by atoms with Crippen LogP contribution in [0, 0.1) is 0 Å². The predicted octanol–water partition coefficient (Wildman–Crippen LogP) is 4.53. The van der Waals surface area contributed by atoms with Gasteiger partial charge in [-0.1, -0.05) is 0 Å². The van der Waals surface area contributed by atoms with Gasteiger partial charge in [-0.15, -0.1) is 0 Å². The summed E-state index contributed by atoms with van der Waals surface area (Å²) in [5.74, 6) is -12.0. The van der Waals surface area contributed by atoms with Crippen LogP contribution in [0.4, 0.5) is 52.7 Å². The van der Waals surface area contributed by atoms with Crippen molar-refractivity contribution in [1.29, 1.82) is 0 Å². The molecule has 0 aromatic carbocycles. The smallest absolute Gasteiger partial charge is 0.218 e. The summed E-state index contributed by atoms with van der Waals surface area (Å²) < 4.78 is 142. The number of rotatable bonds is 2. The van der Waals surface area contributed by atoms with Crippen molar-refractivity contribution < 1.29 is 52.7 Å². The second-order valence-corrected chi connectivity index (χ2v) is 2.80. The molecule has 0 fully saturated rings. The molecule has 0 N–H and O–H groups in total. The lowest BCUT2D eigenvalue weighted by atomic mass is 9.95. The fourth-order valence-electron chi connectivity index (χ4n) is 0.766.